The molecule has 0 fully saturated rings. The van der Waals surface area contributed by atoms with E-state index in [1.54, 1.807) is 0 Å². The van der Waals surface area contributed by atoms with E-state index in [9.17, 15) is 0 Å². The Morgan fingerprint density at radius 2 is 0.971 bits per heavy atom. The fourth-order valence-corrected chi connectivity index (χ4v) is 4.16. The van der Waals surface area contributed by atoms with Gasteiger partial charge < -0.3 is 4.90 Å². The van der Waals surface area contributed by atoms with Gasteiger partial charge in [0.05, 0.1) is 0 Å². The lowest BCUT2D eigenvalue weighted by Gasteiger charge is -2.25. The molecule has 0 spiro atoms. The highest BCUT2D eigenvalue weighted by atomic mass is 15.1. The largest absolute Gasteiger partial charge is 0.311 e. The molecule has 0 unspecified atom stereocenters. The zero-order valence-electron chi connectivity index (χ0n) is 19.3. The summed E-state index contributed by atoms with van der Waals surface area (Å²) in [7, 11) is 0. The Morgan fingerprint density at radius 3 is 1.62 bits per heavy atom. The predicted octanol–water partition coefficient (Wildman–Crippen LogP) is 9.30. The van der Waals surface area contributed by atoms with Crippen molar-refractivity contribution in [3.63, 3.8) is 0 Å². The molecule has 5 rings (SSSR count). The van der Waals surface area contributed by atoms with Crippen molar-refractivity contribution in [1.29, 1.82) is 0 Å². The normalized spacial score (nSPS) is 11.0. The molecule has 0 aromatic heterocycles. The van der Waals surface area contributed by atoms with Gasteiger partial charge in [-0.05, 0) is 65.6 Å². The first-order valence-corrected chi connectivity index (χ1v) is 11.6. The molecule has 0 aliphatic heterocycles. The number of para-hydroxylation sites is 1. The Hall–Kier alpha value is -4.36. The number of hydrogen-bond acceptors (Lipinski definition) is 1. The van der Waals surface area contributed by atoms with E-state index in [2.05, 4.69) is 157 Å². The van der Waals surface area contributed by atoms with Crippen LogP contribution in [0.25, 0.3) is 23.3 Å². The Kier molecular flexibility index (Phi) is 6.36. The minimum atomic E-state index is 1.13. The van der Waals surface area contributed by atoms with E-state index in [0.717, 1.165) is 17.1 Å². The maximum atomic E-state index is 2.29. The van der Waals surface area contributed by atoms with Crippen molar-refractivity contribution in [2.24, 2.45) is 0 Å². The number of nitrogens with zero attached hydrogens (tertiary/aromatic N) is 1. The molecule has 0 atom stereocenters. The molecule has 0 radical (unpaired) electrons. The summed E-state index contributed by atoms with van der Waals surface area (Å²) in [5.41, 5.74) is 9.51. The van der Waals surface area contributed by atoms with Crippen LogP contribution in [0.4, 0.5) is 17.1 Å². The second-order valence-corrected chi connectivity index (χ2v) is 8.42. The van der Waals surface area contributed by atoms with Crippen LogP contribution in [0.5, 0.6) is 0 Å². The van der Waals surface area contributed by atoms with Crippen molar-refractivity contribution < 1.29 is 0 Å². The fourth-order valence-electron chi connectivity index (χ4n) is 4.16. The third-order valence-corrected chi connectivity index (χ3v) is 5.91. The third kappa shape index (κ3) is 5.00. The van der Waals surface area contributed by atoms with Crippen molar-refractivity contribution in [2.75, 3.05) is 4.90 Å². The van der Waals surface area contributed by atoms with Crippen LogP contribution < -0.4 is 4.90 Å². The van der Waals surface area contributed by atoms with Crippen LogP contribution in [0.3, 0.4) is 0 Å². The molecular formula is C33H27N. The second-order valence-electron chi connectivity index (χ2n) is 8.42. The molecule has 1 nitrogen and oxygen atoms in total. The van der Waals surface area contributed by atoms with Gasteiger partial charge in [-0.1, -0.05) is 115 Å². The molecule has 5 aromatic carbocycles. The fraction of sp³-hybridized carbons (Fsp3) is 0.0303. The molecule has 0 saturated heterocycles. The molecule has 0 saturated carbocycles. The summed E-state index contributed by atoms with van der Waals surface area (Å²) in [4.78, 5) is 2.29. The standard InChI is InChI=1S/C33H27N/c1-26-9-8-10-28(25-26)16-15-27-17-21-32(22-18-27)34(31-13-6-3-7-14-31)33-23-19-30(20-24-33)29-11-4-2-5-12-29/h2-25H,1H3/b16-15+. The van der Waals surface area contributed by atoms with Gasteiger partial charge >= 0.3 is 0 Å². The van der Waals surface area contributed by atoms with Crippen LogP contribution in [-0.2, 0) is 0 Å². The van der Waals surface area contributed by atoms with Crippen molar-refractivity contribution >= 4 is 29.2 Å². The van der Waals surface area contributed by atoms with Crippen LogP contribution in [-0.4, -0.2) is 0 Å². The smallest absolute Gasteiger partial charge is 0.0462 e. The van der Waals surface area contributed by atoms with Gasteiger partial charge in [-0.25, -0.2) is 0 Å². The van der Waals surface area contributed by atoms with E-state index in [0.29, 0.717) is 0 Å². The molecule has 0 heterocycles. The average Bonchev–Trinajstić information content (AvgIpc) is 2.90. The Labute approximate surface area is 202 Å². The minimum absolute atomic E-state index is 1.13. The van der Waals surface area contributed by atoms with Gasteiger partial charge in [-0.3, -0.25) is 0 Å². The summed E-state index contributed by atoms with van der Waals surface area (Å²) in [6.07, 6.45) is 4.33. The van der Waals surface area contributed by atoms with E-state index >= 15 is 0 Å². The highest BCUT2D eigenvalue weighted by molar-refractivity contribution is 5.79. The molecule has 5 aromatic rings. The second kappa shape index (κ2) is 10.1. The van der Waals surface area contributed by atoms with Crippen LogP contribution in [0.2, 0.25) is 0 Å². The van der Waals surface area contributed by atoms with E-state index in [-0.39, 0.29) is 0 Å². The lowest BCUT2D eigenvalue weighted by Crippen LogP contribution is -2.09. The first kappa shape index (κ1) is 21.5. The van der Waals surface area contributed by atoms with Crippen molar-refractivity contribution in [2.45, 2.75) is 6.92 Å². The first-order chi connectivity index (χ1) is 16.8. The average molecular weight is 438 g/mol. The van der Waals surface area contributed by atoms with Crippen LogP contribution in [0.1, 0.15) is 16.7 Å². The molecule has 34 heavy (non-hydrogen) atoms. The number of hydrogen-bond donors (Lipinski definition) is 0. The molecular weight excluding hydrogens is 410 g/mol. The van der Waals surface area contributed by atoms with Gasteiger partial charge in [-0.2, -0.15) is 0 Å². The Balaban J connectivity index is 1.45. The van der Waals surface area contributed by atoms with E-state index in [1.807, 2.05) is 0 Å². The maximum absolute atomic E-state index is 2.29. The van der Waals surface area contributed by atoms with Crippen molar-refractivity contribution in [3.8, 4) is 11.1 Å². The third-order valence-electron chi connectivity index (χ3n) is 5.91. The van der Waals surface area contributed by atoms with Gasteiger partial charge in [0.2, 0.25) is 0 Å². The summed E-state index contributed by atoms with van der Waals surface area (Å²) in [5, 5.41) is 0. The SMILES string of the molecule is Cc1cccc(/C=C/c2ccc(N(c3ccccc3)c3ccc(-c4ccccc4)cc3)cc2)c1. The summed E-state index contributed by atoms with van der Waals surface area (Å²) in [5.74, 6) is 0. The van der Waals surface area contributed by atoms with Gasteiger partial charge in [-0.15, -0.1) is 0 Å². The molecule has 0 aliphatic carbocycles. The zero-order chi connectivity index (χ0) is 23.2. The molecule has 164 valence electrons. The van der Waals surface area contributed by atoms with E-state index in [1.165, 1.54) is 27.8 Å². The lowest BCUT2D eigenvalue weighted by atomic mass is 10.0. The predicted molar refractivity (Wildman–Crippen MR) is 147 cm³/mol. The van der Waals surface area contributed by atoms with Gasteiger partial charge in [0.25, 0.3) is 0 Å². The summed E-state index contributed by atoms with van der Waals surface area (Å²) in [6, 6.07) is 47.1. The lowest BCUT2D eigenvalue weighted by molar-refractivity contribution is 1.28. The topological polar surface area (TPSA) is 3.24 Å². The monoisotopic (exact) mass is 437 g/mol. The summed E-state index contributed by atoms with van der Waals surface area (Å²) < 4.78 is 0. The highest BCUT2D eigenvalue weighted by Gasteiger charge is 2.12. The van der Waals surface area contributed by atoms with Gasteiger partial charge in [0, 0.05) is 17.1 Å². The maximum Gasteiger partial charge on any atom is 0.0462 e. The molecule has 0 bridgehead atoms. The van der Waals surface area contributed by atoms with E-state index in [4.69, 9.17) is 0 Å². The summed E-state index contributed by atoms with van der Waals surface area (Å²) >= 11 is 0. The Bertz CT molecular complexity index is 1370. The zero-order valence-corrected chi connectivity index (χ0v) is 19.3. The van der Waals surface area contributed by atoms with Gasteiger partial charge in [0.15, 0.2) is 0 Å². The van der Waals surface area contributed by atoms with E-state index < -0.39 is 0 Å². The van der Waals surface area contributed by atoms with Crippen molar-refractivity contribution in [1.82, 2.24) is 0 Å². The summed E-state index contributed by atoms with van der Waals surface area (Å²) in [6.45, 7) is 2.12. The van der Waals surface area contributed by atoms with Crippen LogP contribution in [0, 0.1) is 6.92 Å². The number of rotatable bonds is 6. The van der Waals surface area contributed by atoms with Crippen LogP contribution in [0.15, 0.2) is 133 Å². The number of aryl methyl sites for hydroxylation is 1. The van der Waals surface area contributed by atoms with Crippen molar-refractivity contribution in [3.05, 3.63) is 150 Å². The number of benzene rings is 5. The molecule has 0 N–H and O–H groups in total. The number of anilines is 3. The quantitative estimate of drug-likeness (QED) is 0.239. The minimum Gasteiger partial charge on any atom is -0.311 e. The first-order valence-electron chi connectivity index (χ1n) is 11.6. The highest BCUT2D eigenvalue weighted by Crippen LogP contribution is 2.35. The Morgan fingerprint density at radius 1 is 0.441 bits per heavy atom. The molecule has 1 heteroatoms. The molecule has 0 amide bonds. The molecule has 0 aliphatic rings. The van der Waals surface area contributed by atoms with Crippen LogP contribution >= 0.6 is 0 Å². The van der Waals surface area contributed by atoms with Gasteiger partial charge in [0.1, 0.15) is 0 Å².